The maximum atomic E-state index is 11.8. The molecule has 0 fully saturated rings. The Kier molecular flexibility index (Phi) is 5.51. The number of benzene rings is 1. The van der Waals surface area contributed by atoms with Crippen LogP contribution in [0.25, 0.3) is 0 Å². The molecular weight excluding hydrogens is 316 g/mol. The van der Waals surface area contributed by atoms with Gasteiger partial charge in [0, 0.05) is 26.2 Å². The van der Waals surface area contributed by atoms with Gasteiger partial charge < -0.3 is 5.32 Å². The standard InChI is InChI=1S/C15H20N4O3S/c1-19-11-13(10-18-19)4-7-15(20)17-9-8-12-2-5-14(6-3-12)23(16,21)22/h2-3,5-6,10-11H,4,7-9H2,1H3,(H,17,20)(H2,16,21,22). The first-order valence-electron chi connectivity index (χ1n) is 7.20. The van der Waals surface area contributed by atoms with Crippen LogP contribution in [0, 0.1) is 0 Å². The molecule has 0 saturated heterocycles. The third-order valence-electron chi connectivity index (χ3n) is 3.39. The summed E-state index contributed by atoms with van der Waals surface area (Å²) in [6, 6.07) is 6.33. The number of sulfonamides is 1. The third-order valence-corrected chi connectivity index (χ3v) is 4.32. The molecule has 3 N–H and O–H groups in total. The Balaban J connectivity index is 1.73. The number of carbonyl (C=O) groups excluding carboxylic acids is 1. The predicted molar refractivity (Wildman–Crippen MR) is 86.1 cm³/mol. The van der Waals surface area contributed by atoms with Crippen molar-refractivity contribution in [3.05, 3.63) is 47.8 Å². The second kappa shape index (κ2) is 7.38. The number of aryl methyl sites for hydroxylation is 2. The van der Waals surface area contributed by atoms with Crippen molar-refractivity contribution in [2.24, 2.45) is 12.2 Å². The minimum absolute atomic E-state index is 0.0185. The molecule has 0 bridgehead atoms. The van der Waals surface area contributed by atoms with Gasteiger partial charge in [0.15, 0.2) is 0 Å². The van der Waals surface area contributed by atoms with Crippen LogP contribution < -0.4 is 10.5 Å². The van der Waals surface area contributed by atoms with Crippen molar-refractivity contribution < 1.29 is 13.2 Å². The Labute approximate surface area is 135 Å². The molecular formula is C15H20N4O3S. The zero-order valence-corrected chi connectivity index (χ0v) is 13.7. The summed E-state index contributed by atoms with van der Waals surface area (Å²) in [4.78, 5) is 11.8. The minimum atomic E-state index is -3.66. The van der Waals surface area contributed by atoms with E-state index in [0.29, 0.717) is 25.8 Å². The lowest BCUT2D eigenvalue weighted by molar-refractivity contribution is -0.121. The predicted octanol–water partition coefficient (Wildman–Crippen LogP) is 0.359. The topological polar surface area (TPSA) is 107 Å². The van der Waals surface area contributed by atoms with E-state index in [1.807, 2.05) is 13.2 Å². The van der Waals surface area contributed by atoms with Crippen LogP contribution in [-0.2, 0) is 34.7 Å². The molecule has 2 rings (SSSR count). The molecule has 0 spiro atoms. The van der Waals surface area contributed by atoms with Gasteiger partial charge in [-0.2, -0.15) is 5.10 Å². The maximum Gasteiger partial charge on any atom is 0.238 e. The van der Waals surface area contributed by atoms with Gasteiger partial charge in [-0.15, -0.1) is 0 Å². The fourth-order valence-corrected chi connectivity index (χ4v) is 2.65. The summed E-state index contributed by atoms with van der Waals surface area (Å²) < 4.78 is 24.0. The second-order valence-corrected chi connectivity index (χ2v) is 6.87. The van der Waals surface area contributed by atoms with Gasteiger partial charge in [0.2, 0.25) is 15.9 Å². The fraction of sp³-hybridized carbons (Fsp3) is 0.333. The maximum absolute atomic E-state index is 11.8. The van der Waals surface area contributed by atoms with E-state index < -0.39 is 10.0 Å². The zero-order chi connectivity index (χ0) is 16.9. The summed E-state index contributed by atoms with van der Waals surface area (Å²) in [5.74, 6) is -0.0185. The molecule has 1 amide bonds. The van der Waals surface area contributed by atoms with Gasteiger partial charge in [-0.25, -0.2) is 13.6 Å². The Hall–Kier alpha value is -2.19. The number of amides is 1. The number of hydrogen-bond acceptors (Lipinski definition) is 4. The Morgan fingerprint density at radius 2 is 1.91 bits per heavy atom. The summed E-state index contributed by atoms with van der Waals surface area (Å²) in [6.07, 6.45) is 5.34. The van der Waals surface area contributed by atoms with Crippen LogP contribution >= 0.6 is 0 Å². The van der Waals surface area contributed by atoms with Crippen molar-refractivity contribution in [1.82, 2.24) is 15.1 Å². The summed E-state index contributed by atoms with van der Waals surface area (Å²) in [5.41, 5.74) is 1.96. The molecule has 2 aromatic rings. The largest absolute Gasteiger partial charge is 0.356 e. The first-order valence-corrected chi connectivity index (χ1v) is 8.75. The average molecular weight is 336 g/mol. The van der Waals surface area contributed by atoms with Crippen molar-refractivity contribution in [2.45, 2.75) is 24.2 Å². The number of aromatic nitrogens is 2. The average Bonchev–Trinajstić information content (AvgIpc) is 2.90. The van der Waals surface area contributed by atoms with Crippen LogP contribution in [0.4, 0.5) is 0 Å². The number of rotatable bonds is 7. The lowest BCUT2D eigenvalue weighted by atomic mass is 10.1. The third kappa shape index (κ3) is 5.50. The van der Waals surface area contributed by atoms with Crippen molar-refractivity contribution in [3.63, 3.8) is 0 Å². The van der Waals surface area contributed by atoms with Crippen LogP contribution in [0.3, 0.4) is 0 Å². The number of carbonyl (C=O) groups is 1. The lowest BCUT2D eigenvalue weighted by Crippen LogP contribution is -2.25. The van der Waals surface area contributed by atoms with Crippen LogP contribution in [0.2, 0.25) is 0 Å². The Morgan fingerprint density at radius 3 is 2.48 bits per heavy atom. The lowest BCUT2D eigenvalue weighted by Gasteiger charge is -2.06. The van der Waals surface area contributed by atoms with E-state index in [4.69, 9.17) is 5.14 Å². The summed E-state index contributed by atoms with van der Waals surface area (Å²) >= 11 is 0. The first kappa shape index (κ1) is 17.2. The molecule has 7 nitrogen and oxygen atoms in total. The molecule has 1 heterocycles. The molecule has 0 atom stereocenters. The zero-order valence-electron chi connectivity index (χ0n) is 12.9. The molecule has 23 heavy (non-hydrogen) atoms. The number of nitrogens with one attached hydrogen (secondary N) is 1. The molecule has 8 heteroatoms. The van der Waals surface area contributed by atoms with E-state index in [9.17, 15) is 13.2 Å². The van der Waals surface area contributed by atoms with E-state index in [1.54, 1.807) is 23.0 Å². The molecule has 0 radical (unpaired) electrons. The van der Waals surface area contributed by atoms with Gasteiger partial charge >= 0.3 is 0 Å². The molecule has 1 aromatic carbocycles. The van der Waals surface area contributed by atoms with Crippen LogP contribution in [0.5, 0.6) is 0 Å². The molecule has 0 aliphatic heterocycles. The van der Waals surface area contributed by atoms with Crippen molar-refractivity contribution in [3.8, 4) is 0 Å². The van der Waals surface area contributed by atoms with Gasteiger partial charge in [0.1, 0.15) is 0 Å². The van der Waals surface area contributed by atoms with Crippen LogP contribution in [-0.4, -0.2) is 30.7 Å². The van der Waals surface area contributed by atoms with Crippen molar-refractivity contribution >= 4 is 15.9 Å². The number of hydrogen-bond donors (Lipinski definition) is 2. The van der Waals surface area contributed by atoms with E-state index >= 15 is 0 Å². The minimum Gasteiger partial charge on any atom is -0.356 e. The normalized spacial score (nSPS) is 11.4. The quantitative estimate of drug-likeness (QED) is 0.761. The molecule has 0 aliphatic carbocycles. The Morgan fingerprint density at radius 1 is 1.22 bits per heavy atom. The summed E-state index contributed by atoms with van der Waals surface area (Å²) in [6.45, 7) is 0.501. The molecule has 0 aliphatic rings. The highest BCUT2D eigenvalue weighted by molar-refractivity contribution is 7.89. The monoisotopic (exact) mass is 336 g/mol. The summed E-state index contributed by atoms with van der Waals surface area (Å²) in [5, 5.41) is 11.9. The van der Waals surface area contributed by atoms with Crippen molar-refractivity contribution in [1.29, 1.82) is 0 Å². The van der Waals surface area contributed by atoms with E-state index in [0.717, 1.165) is 11.1 Å². The highest BCUT2D eigenvalue weighted by atomic mass is 32.2. The van der Waals surface area contributed by atoms with Gasteiger partial charge in [-0.05, 0) is 36.1 Å². The smallest absolute Gasteiger partial charge is 0.238 e. The fourth-order valence-electron chi connectivity index (χ4n) is 2.14. The molecule has 0 unspecified atom stereocenters. The number of primary sulfonamides is 1. The molecule has 1 aromatic heterocycles. The van der Waals surface area contributed by atoms with Gasteiger partial charge in [-0.1, -0.05) is 12.1 Å². The number of nitrogens with two attached hydrogens (primary N) is 1. The van der Waals surface area contributed by atoms with E-state index in [2.05, 4.69) is 10.4 Å². The number of nitrogens with zero attached hydrogens (tertiary/aromatic N) is 2. The van der Waals surface area contributed by atoms with Crippen LogP contribution in [0.15, 0.2) is 41.6 Å². The van der Waals surface area contributed by atoms with Crippen molar-refractivity contribution in [2.75, 3.05) is 6.54 Å². The van der Waals surface area contributed by atoms with Crippen LogP contribution in [0.1, 0.15) is 17.5 Å². The Bertz CT molecular complexity index is 766. The first-order chi connectivity index (χ1) is 10.8. The van der Waals surface area contributed by atoms with Gasteiger partial charge in [-0.3, -0.25) is 9.48 Å². The molecule has 124 valence electrons. The SMILES string of the molecule is Cn1cc(CCC(=O)NCCc2ccc(S(N)(=O)=O)cc2)cn1. The van der Waals surface area contributed by atoms with E-state index in [-0.39, 0.29) is 10.8 Å². The highest BCUT2D eigenvalue weighted by Gasteiger charge is 2.07. The van der Waals surface area contributed by atoms with Gasteiger partial charge in [0.25, 0.3) is 0 Å². The summed E-state index contributed by atoms with van der Waals surface area (Å²) in [7, 11) is -1.82. The second-order valence-electron chi connectivity index (χ2n) is 5.31. The molecule has 0 saturated carbocycles. The van der Waals surface area contributed by atoms with E-state index in [1.165, 1.54) is 12.1 Å². The van der Waals surface area contributed by atoms with Gasteiger partial charge in [0.05, 0.1) is 11.1 Å². The highest BCUT2D eigenvalue weighted by Crippen LogP contribution is 2.09.